The zero-order chi connectivity index (χ0) is 14.5. The Bertz CT molecular complexity index is 578. The van der Waals surface area contributed by atoms with E-state index in [1.165, 1.54) is 16.9 Å². The van der Waals surface area contributed by atoms with Crippen molar-refractivity contribution in [2.45, 2.75) is 20.8 Å². The number of hydrogen-bond acceptors (Lipinski definition) is 5. The number of carbonyl (C=O) groups excluding carboxylic acids is 1. The summed E-state index contributed by atoms with van der Waals surface area (Å²) in [5.74, 6) is 0.304. The molecule has 1 aromatic heterocycles. The molecule has 1 amide bonds. The zero-order valence-corrected chi connectivity index (χ0v) is 12.5. The van der Waals surface area contributed by atoms with Crippen molar-refractivity contribution >= 4 is 22.6 Å². The first-order valence-electron chi connectivity index (χ1n) is 6.39. The van der Waals surface area contributed by atoms with E-state index in [1.807, 2.05) is 45.0 Å². The lowest BCUT2D eigenvalue weighted by Crippen LogP contribution is -2.16. The summed E-state index contributed by atoms with van der Waals surface area (Å²) in [7, 11) is 0. The van der Waals surface area contributed by atoms with E-state index in [0.717, 1.165) is 10.6 Å². The van der Waals surface area contributed by atoms with Crippen molar-refractivity contribution in [3.05, 3.63) is 29.8 Å². The SMILES string of the molecule is Cc1ccc(-c2nnc(NC(=O)OCC(C)C)s2)cc1. The second kappa shape index (κ2) is 6.47. The van der Waals surface area contributed by atoms with Crippen molar-refractivity contribution in [3.63, 3.8) is 0 Å². The van der Waals surface area contributed by atoms with Gasteiger partial charge in [-0.15, -0.1) is 10.2 Å². The number of aromatic nitrogens is 2. The predicted octanol–water partition coefficient (Wildman–Crippen LogP) is 3.72. The topological polar surface area (TPSA) is 64.1 Å². The molecule has 0 aliphatic carbocycles. The molecule has 1 heterocycles. The molecule has 0 saturated heterocycles. The normalized spacial score (nSPS) is 10.6. The predicted molar refractivity (Wildman–Crippen MR) is 79.9 cm³/mol. The van der Waals surface area contributed by atoms with Crippen molar-refractivity contribution in [2.24, 2.45) is 5.92 Å². The van der Waals surface area contributed by atoms with Gasteiger partial charge in [0, 0.05) is 5.56 Å². The third-order valence-electron chi connectivity index (χ3n) is 2.48. The molecule has 1 aromatic carbocycles. The summed E-state index contributed by atoms with van der Waals surface area (Å²) in [5, 5.41) is 11.8. The molecule has 2 rings (SSSR count). The van der Waals surface area contributed by atoms with Gasteiger partial charge in [0.25, 0.3) is 0 Å². The number of hydrogen-bond donors (Lipinski definition) is 1. The van der Waals surface area contributed by atoms with Crippen LogP contribution in [0.15, 0.2) is 24.3 Å². The lowest BCUT2D eigenvalue weighted by Gasteiger charge is -2.06. The molecule has 1 N–H and O–H groups in total. The van der Waals surface area contributed by atoms with Crippen LogP contribution in [0.5, 0.6) is 0 Å². The van der Waals surface area contributed by atoms with Crippen LogP contribution in [0, 0.1) is 12.8 Å². The molecule has 0 bridgehead atoms. The van der Waals surface area contributed by atoms with Crippen LogP contribution in [-0.2, 0) is 4.74 Å². The van der Waals surface area contributed by atoms with E-state index >= 15 is 0 Å². The van der Waals surface area contributed by atoms with Crippen LogP contribution < -0.4 is 5.32 Å². The van der Waals surface area contributed by atoms with Gasteiger partial charge in [0.15, 0.2) is 0 Å². The third-order valence-corrected chi connectivity index (χ3v) is 3.37. The first-order chi connectivity index (χ1) is 9.54. The number of benzene rings is 1. The van der Waals surface area contributed by atoms with E-state index in [-0.39, 0.29) is 0 Å². The monoisotopic (exact) mass is 291 g/mol. The minimum atomic E-state index is -0.495. The van der Waals surface area contributed by atoms with Gasteiger partial charge < -0.3 is 4.74 Å². The molecular weight excluding hydrogens is 274 g/mol. The van der Waals surface area contributed by atoms with Crippen LogP contribution in [0.3, 0.4) is 0 Å². The van der Waals surface area contributed by atoms with Crippen LogP contribution in [-0.4, -0.2) is 22.9 Å². The second-order valence-corrected chi connectivity index (χ2v) is 5.87. The summed E-state index contributed by atoms with van der Waals surface area (Å²) in [5.41, 5.74) is 2.17. The number of nitrogens with one attached hydrogen (secondary N) is 1. The molecule has 0 radical (unpaired) electrons. The molecule has 0 saturated carbocycles. The molecule has 0 atom stereocenters. The second-order valence-electron chi connectivity index (χ2n) is 4.90. The summed E-state index contributed by atoms with van der Waals surface area (Å²) >= 11 is 1.32. The van der Waals surface area contributed by atoms with Crippen LogP contribution in [0.4, 0.5) is 9.93 Å². The van der Waals surface area contributed by atoms with Gasteiger partial charge in [0.2, 0.25) is 5.13 Å². The van der Waals surface area contributed by atoms with Crippen LogP contribution in [0.1, 0.15) is 19.4 Å². The molecule has 6 heteroatoms. The minimum absolute atomic E-state index is 0.304. The zero-order valence-electron chi connectivity index (χ0n) is 11.7. The fraction of sp³-hybridized carbons (Fsp3) is 0.357. The van der Waals surface area contributed by atoms with E-state index in [4.69, 9.17) is 4.74 Å². The Morgan fingerprint density at radius 3 is 2.65 bits per heavy atom. The number of aryl methyl sites for hydroxylation is 1. The summed E-state index contributed by atoms with van der Waals surface area (Å²) < 4.78 is 5.03. The molecule has 0 spiro atoms. The Kier molecular flexibility index (Phi) is 4.68. The number of carbonyl (C=O) groups is 1. The molecular formula is C14H17N3O2S. The fourth-order valence-corrected chi connectivity index (χ4v) is 2.19. The van der Waals surface area contributed by atoms with Crippen LogP contribution in [0.25, 0.3) is 10.6 Å². The van der Waals surface area contributed by atoms with E-state index in [1.54, 1.807) is 0 Å². The summed E-state index contributed by atoms with van der Waals surface area (Å²) in [6.45, 7) is 6.37. The number of anilines is 1. The lowest BCUT2D eigenvalue weighted by molar-refractivity contribution is 0.147. The van der Waals surface area contributed by atoms with E-state index < -0.39 is 6.09 Å². The fourth-order valence-electron chi connectivity index (χ4n) is 1.45. The Morgan fingerprint density at radius 1 is 1.30 bits per heavy atom. The molecule has 0 aliphatic heterocycles. The van der Waals surface area contributed by atoms with Crippen molar-refractivity contribution < 1.29 is 9.53 Å². The maximum Gasteiger partial charge on any atom is 0.413 e. The Morgan fingerprint density at radius 2 is 2.00 bits per heavy atom. The molecule has 5 nitrogen and oxygen atoms in total. The Hall–Kier alpha value is -1.95. The largest absolute Gasteiger partial charge is 0.449 e. The Labute approximate surface area is 122 Å². The minimum Gasteiger partial charge on any atom is -0.449 e. The standard InChI is InChI=1S/C14H17N3O2S/c1-9(2)8-19-14(18)15-13-17-16-12(20-13)11-6-4-10(3)5-7-11/h4-7,9H,8H2,1-3H3,(H,15,17,18). The highest BCUT2D eigenvalue weighted by molar-refractivity contribution is 7.18. The van der Waals surface area contributed by atoms with Gasteiger partial charge in [-0.1, -0.05) is 55.0 Å². The smallest absolute Gasteiger partial charge is 0.413 e. The van der Waals surface area contributed by atoms with Crippen molar-refractivity contribution in [1.82, 2.24) is 10.2 Å². The number of ether oxygens (including phenoxy) is 1. The van der Waals surface area contributed by atoms with Gasteiger partial charge >= 0.3 is 6.09 Å². The van der Waals surface area contributed by atoms with E-state index in [2.05, 4.69) is 15.5 Å². The summed E-state index contributed by atoms with van der Waals surface area (Å²) in [4.78, 5) is 11.5. The quantitative estimate of drug-likeness (QED) is 0.932. The number of amides is 1. The van der Waals surface area contributed by atoms with Crippen molar-refractivity contribution in [1.29, 1.82) is 0 Å². The number of nitrogens with zero attached hydrogens (tertiary/aromatic N) is 2. The first-order valence-corrected chi connectivity index (χ1v) is 7.20. The summed E-state index contributed by atoms with van der Waals surface area (Å²) in [6, 6.07) is 7.99. The highest BCUT2D eigenvalue weighted by Gasteiger charge is 2.10. The van der Waals surface area contributed by atoms with Crippen LogP contribution >= 0.6 is 11.3 Å². The third kappa shape index (κ3) is 4.03. The van der Waals surface area contributed by atoms with Crippen LogP contribution in [0.2, 0.25) is 0 Å². The van der Waals surface area contributed by atoms with Crippen molar-refractivity contribution in [3.8, 4) is 10.6 Å². The average molecular weight is 291 g/mol. The molecule has 0 aliphatic rings. The summed E-state index contributed by atoms with van der Waals surface area (Å²) in [6.07, 6.45) is -0.495. The number of rotatable bonds is 4. The van der Waals surface area contributed by atoms with Gasteiger partial charge in [-0.2, -0.15) is 0 Å². The first kappa shape index (κ1) is 14.5. The molecule has 0 unspecified atom stereocenters. The molecule has 106 valence electrons. The van der Waals surface area contributed by atoms with Crippen molar-refractivity contribution in [2.75, 3.05) is 11.9 Å². The van der Waals surface area contributed by atoms with Gasteiger partial charge in [0.05, 0.1) is 6.61 Å². The molecule has 20 heavy (non-hydrogen) atoms. The highest BCUT2D eigenvalue weighted by Crippen LogP contribution is 2.26. The van der Waals surface area contributed by atoms with Gasteiger partial charge in [0.1, 0.15) is 5.01 Å². The maximum absolute atomic E-state index is 11.5. The van der Waals surface area contributed by atoms with Gasteiger partial charge in [-0.25, -0.2) is 4.79 Å². The van der Waals surface area contributed by atoms with Gasteiger partial charge in [-0.3, -0.25) is 5.32 Å². The average Bonchev–Trinajstić information content (AvgIpc) is 2.85. The van der Waals surface area contributed by atoms with E-state index in [9.17, 15) is 4.79 Å². The lowest BCUT2D eigenvalue weighted by atomic mass is 10.2. The van der Waals surface area contributed by atoms with E-state index in [0.29, 0.717) is 17.7 Å². The highest BCUT2D eigenvalue weighted by atomic mass is 32.1. The molecule has 0 fully saturated rings. The maximum atomic E-state index is 11.5. The molecule has 2 aromatic rings. The Balaban J connectivity index is 1.98. The van der Waals surface area contributed by atoms with Gasteiger partial charge in [-0.05, 0) is 12.8 Å².